The molecule has 0 aliphatic carbocycles. The number of ether oxygens (including phenoxy) is 2. The molecule has 0 bridgehead atoms. The number of rotatable bonds is 3. The average molecular weight is 242 g/mol. The first-order valence-corrected chi connectivity index (χ1v) is 6.42. The third-order valence-corrected chi connectivity index (χ3v) is 3.43. The fourth-order valence-electron chi connectivity index (χ4n) is 2.39. The van der Waals surface area contributed by atoms with E-state index in [1.165, 1.54) is 0 Å². The number of morpholine rings is 1. The lowest BCUT2D eigenvalue weighted by Gasteiger charge is -2.31. The van der Waals surface area contributed by atoms with Crippen molar-refractivity contribution in [2.24, 2.45) is 5.92 Å². The first kappa shape index (κ1) is 12.8. The summed E-state index contributed by atoms with van der Waals surface area (Å²) in [5.74, 6) is 0.382. The Morgan fingerprint density at radius 2 is 2.12 bits per heavy atom. The summed E-state index contributed by atoms with van der Waals surface area (Å²) in [5.41, 5.74) is 0. The summed E-state index contributed by atoms with van der Waals surface area (Å²) >= 11 is 0. The maximum Gasteiger partial charge on any atom is 0.225 e. The molecular formula is C12H22N2O3. The molecule has 5 heteroatoms. The van der Waals surface area contributed by atoms with E-state index in [1.807, 2.05) is 11.9 Å². The number of amides is 1. The SMILES string of the molecule is CN(CC1CNCCO1)C(=O)C1CCOCC1. The predicted octanol–water partition coefficient (Wildman–Crippen LogP) is -0.140. The van der Waals surface area contributed by atoms with Crippen LogP contribution in [-0.4, -0.2) is 63.4 Å². The van der Waals surface area contributed by atoms with Crippen LogP contribution in [-0.2, 0) is 14.3 Å². The van der Waals surface area contributed by atoms with Gasteiger partial charge in [-0.1, -0.05) is 0 Å². The van der Waals surface area contributed by atoms with Gasteiger partial charge in [-0.2, -0.15) is 0 Å². The number of hydrogen-bond acceptors (Lipinski definition) is 4. The van der Waals surface area contributed by atoms with Crippen molar-refractivity contribution in [1.29, 1.82) is 0 Å². The monoisotopic (exact) mass is 242 g/mol. The van der Waals surface area contributed by atoms with E-state index in [1.54, 1.807) is 0 Å². The van der Waals surface area contributed by atoms with Crippen LogP contribution < -0.4 is 5.32 Å². The van der Waals surface area contributed by atoms with Crippen molar-refractivity contribution in [3.63, 3.8) is 0 Å². The fraction of sp³-hybridized carbons (Fsp3) is 0.917. The van der Waals surface area contributed by atoms with Crippen molar-refractivity contribution in [3.8, 4) is 0 Å². The van der Waals surface area contributed by atoms with Gasteiger partial charge in [-0.25, -0.2) is 0 Å². The van der Waals surface area contributed by atoms with Crippen LogP contribution in [0.2, 0.25) is 0 Å². The minimum atomic E-state index is 0.137. The number of hydrogen-bond donors (Lipinski definition) is 1. The van der Waals surface area contributed by atoms with Crippen LogP contribution in [0.25, 0.3) is 0 Å². The van der Waals surface area contributed by atoms with Crippen molar-refractivity contribution in [2.45, 2.75) is 18.9 Å². The molecule has 0 aromatic heterocycles. The molecule has 0 spiro atoms. The second-order valence-corrected chi connectivity index (χ2v) is 4.80. The van der Waals surface area contributed by atoms with E-state index in [0.29, 0.717) is 19.8 Å². The van der Waals surface area contributed by atoms with Gasteiger partial charge in [0, 0.05) is 45.8 Å². The zero-order valence-corrected chi connectivity index (χ0v) is 10.5. The highest BCUT2D eigenvalue weighted by Crippen LogP contribution is 2.17. The Balaban J connectivity index is 1.77. The summed E-state index contributed by atoms with van der Waals surface area (Å²) in [7, 11) is 1.87. The maximum atomic E-state index is 12.2. The van der Waals surface area contributed by atoms with Crippen LogP contribution in [0, 0.1) is 5.92 Å². The molecule has 2 fully saturated rings. The molecule has 0 aromatic carbocycles. The lowest BCUT2D eigenvalue weighted by atomic mass is 9.99. The summed E-state index contributed by atoms with van der Waals surface area (Å²) in [6.45, 7) is 4.60. The molecule has 17 heavy (non-hydrogen) atoms. The number of nitrogens with zero attached hydrogens (tertiary/aromatic N) is 1. The molecule has 2 aliphatic heterocycles. The van der Waals surface area contributed by atoms with Gasteiger partial charge in [-0.3, -0.25) is 4.79 Å². The third kappa shape index (κ3) is 3.66. The van der Waals surface area contributed by atoms with Gasteiger partial charge in [0.05, 0.1) is 12.7 Å². The standard InChI is InChI=1S/C12H22N2O3/c1-14(9-11-8-13-4-7-17-11)12(15)10-2-5-16-6-3-10/h10-11,13H,2-9H2,1H3. The normalized spacial score (nSPS) is 26.8. The fourth-order valence-corrected chi connectivity index (χ4v) is 2.39. The molecule has 2 saturated heterocycles. The van der Waals surface area contributed by atoms with Crippen molar-refractivity contribution in [3.05, 3.63) is 0 Å². The van der Waals surface area contributed by atoms with Crippen molar-refractivity contribution in [1.82, 2.24) is 10.2 Å². The Labute approximate surface area is 102 Å². The molecule has 1 unspecified atom stereocenters. The molecule has 1 amide bonds. The Hall–Kier alpha value is -0.650. The van der Waals surface area contributed by atoms with E-state index in [9.17, 15) is 4.79 Å². The highest BCUT2D eigenvalue weighted by molar-refractivity contribution is 5.78. The Morgan fingerprint density at radius 1 is 1.35 bits per heavy atom. The first-order chi connectivity index (χ1) is 8.27. The van der Waals surface area contributed by atoms with Gasteiger partial charge in [0.1, 0.15) is 0 Å². The molecule has 0 aromatic rings. The summed E-state index contributed by atoms with van der Waals surface area (Å²) < 4.78 is 10.9. The quantitative estimate of drug-likeness (QED) is 0.748. The second kappa shape index (κ2) is 6.33. The van der Waals surface area contributed by atoms with E-state index < -0.39 is 0 Å². The van der Waals surface area contributed by atoms with Crippen LogP contribution in [0.5, 0.6) is 0 Å². The molecule has 5 nitrogen and oxygen atoms in total. The van der Waals surface area contributed by atoms with Gasteiger partial charge in [-0.15, -0.1) is 0 Å². The number of carbonyl (C=O) groups excluding carboxylic acids is 1. The van der Waals surface area contributed by atoms with Crippen molar-refractivity contribution >= 4 is 5.91 Å². The highest BCUT2D eigenvalue weighted by Gasteiger charge is 2.26. The minimum Gasteiger partial charge on any atom is -0.381 e. The Bertz CT molecular complexity index is 248. The first-order valence-electron chi connectivity index (χ1n) is 6.42. The largest absolute Gasteiger partial charge is 0.381 e. The second-order valence-electron chi connectivity index (χ2n) is 4.80. The zero-order valence-electron chi connectivity index (χ0n) is 10.5. The van der Waals surface area contributed by atoms with E-state index in [-0.39, 0.29) is 17.9 Å². The average Bonchev–Trinajstić information content (AvgIpc) is 2.40. The van der Waals surface area contributed by atoms with Crippen LogP contribution >= 0.6 is 0 Å². The van der Waals surface area contributed by atoms with E-state index in [0.717, 1.165) is 32.5 Å². The summed E-state index contributed by atoms with van der Waals surface area (Å²) in [6.07, 6.45) is 1.84. The van der Waals surface area contributed by atoms with E-state index in [2.05, 4.69) is 5.32 Å². The summed E-state index contributed by atoms with van der Waals surface area (Å²) in [5, 5.41) is 3.28. The topological polar surface area (TPSA) is 50.8 Å². The number of carbonyl (C=O) groups is 1. The Morgan fingerprint density at radius 3 is 2.76 bits per heavy atom. The van der Waals surface area contributed by atoms with E-state index in [4.69, 9.17) is 9.47 Å². The number of likely N-dealkylation sites (N-methyl/N-ethyl adjacent to an activating group) is 1. The van der Waals surface area contributed by atoms with Gasteiger partial charge < -0.3 is 19.7 Å². The predicted molar refractivity (Wildman–Crippen MR) is 63.8 cm³/mol. The van der Waals surface area contributed by atoms with Crippen LogP contribution in [0.3, 0.4) is 0 Å². The van der Waals surface area contributed by atoms with Crippen molar-refractivity contribution in [2.75, 3.05) is 46.5 Å². The molecule has 2 heterocycles. The molecule has 2 rings (SSSR count). The Kier molecular flexibility index (Phi) is 4.76. The smallest absolute Gasteiger partial charge is 0.225 e. The van der Waals surface area contributed by atoms with Gasteiger partial charge >= 0.3 is 0 Å². The van der Waals surface area contributed by atoms with Gasteiger partial charge in [0.15, 0.2) is 0 Å². The number of nitrogens with one attached hydrogen (secondary N) is 1. The molecule has 1 N–H and O–H groups in total. The maximum absolute atomic E-state index is 12.2. The van der Waals surface area contributed by atoms with Crippen LogP contribution in [0.4, 0.5) is 0 Å². The van der Waals surface area contributed by atoms with Gasteiger partial charge in [0.25, 0.3) is 0 Å². The van der Waals surface area contributed by atoms with Crippen molar-refractivity contribution < 1.29 is 14.3 Å². The third-order valence-electron chi connectivity index (χ3n) is 3.43. The summed E-state index contributed by atoms with van der Waals surface area (Å²) in [6, 6.07) is 0. The van der Waals surface area contributed by atoms with Gasteiger partial charge in [0.2, 0.25) is 5.91 Å². The molecule has 1 atom stereocenters. The van der Waals surface area contributed by atoms with Crippen LogP contribution in [0.15, 0.2) is 0 Å². The van der Waals surface area contributed by atoms with E-state index >= 15 is 0 Å². The zero-order chi connectivity index (χ0) is 12.1. The van der Waals surface area contributed by atoms with Crippen LogP contribution in [0.1, 0.15) is 12.8 Å². The molecule has 0 saturated carbocycles. The molecule has 0 radical (unpaired) electrons. The lowest BCUT2D eigenvalue weighted by molar-refractivity contribution is -0.139. The summed E-state index contributed by atoms with van der Waals surface area (Å²) in [4.78, 5) is 14.0. The lowest BCUT2D eigenvalue weighted by Crippen LogP contribution is -2.47. The minimum absolute atomic E-state index is 0.137. The molecule has 98 valence electrons. The highest BCUT2D eigenvalue weighted by atomic mass is 16.5. The molecule has 2 aliphatic rings. The molecular weight excluding hydrogens is 220 g/mol. The van der Waals surface area contributed by atoms with Gasteiger partial charge in [-0.05, 0) is 12.8 Å².